The van der Waals surface area contributed by atoms with E-state index in [0.717, 1.165) is 24.2 Å². The maximum Gasteiger partial charge on any atom is 0.0412 e. The zero-order chi connectivity index (χ0) is 9.54. The second-order valence-electron chi connectivity index (χ2n) is 4.79. The number of hydrogen-bond acceptors (Lipinski definition) is 1. The summed E-state index contributed by atoms with van der Waals surface area (Å²) in [6.07, 6.45) is 5.40. The maximum absolute atomic E-state index is 6.47. The van der Waals surface area contributed by atoms with E-state index in [1.165, 1.54) is 24.1 Å². The van der Waals surface area contributed by atoms with Crippen LogP contribution in [-0.4, -0.2) is 5.38 Å². The lowest BCUT2D eigenvalue weighted by molar-refractivity contribution is 0.461. The Morgan fingerprint density at radius 2 is 2.14 bits per heavy atom. The van der Waals surface area contributed by atoms with Gasteiger partial charge in [-0.25, -0.2) is 0 Å². The molecule has 1 heterocycles. The van der Waals surface area contributed by atoms with Crippen LogP contribution >= 0.6 is 22.9 Å². The van der Waals surface area contributed by atoms with E-state index < -0.39 is 0 Å². The fraction of sp³-hybridized carbons (Fsp3) is 0.667. The molecule has 2 saturated carbocycles. The summed E-state index contributed by atoms with van der Waals surface area (Å²) in [6, 6.07) is 4.32. The standard InChI is InChI=1S/C12H15ClS/c13-12(7-11-2-1-3-14-11)10-5-8-4-9(8)6-10/h1-3,8-10,12H,4-7H2. The Morgan fingerprint density at radius 1 is 1.36 bits per heavy atom. The molecule has 0 aliphatic heterocycles. The van der Waals surface area contributed by atoms with E-state index in [1.54, 1.807) is 0 Å². The first-order chi connectivity index (χ1) is 6.83. The van der Waals surface area contributed by atoms with E-state index in [-0.39, 0.29) is 0 Å². The molecule has 0 radical (unpaired) electrons. The highest BCUT2D eigenvalue weighted by molar-refractivity contribution is 7.09. The fourth-order valence-electron chi connectivity index (χ4n) is 2.84. The van der Waals surface area contributed by atoms with Crippen molar-refractivity contribution in [3.63, 3.8) is 0 Å². The predicted octanol–water partition coefficient (Wildman–Crippen LogP) is 3.94. The number of rotatable bonds is 3. The second-order valence-corrected chi connectivity index (χ2v) is 6.38. The minimum Gasteiger partial charge on any atom is -0.149 e. The van der Waals surface area contributed by atoms with Crippen LogP contribution in [0.15, 0.2) is 17.5 Å². The van der Waals surface area contributed by atoms with Crippen molar-refractivity contribution in [2.24, 2.45) is 17.8 Å². The van der Waals surface area contributed by atoms with Gasteiger partial charge in [-0.3, -0.25) is 0 Å². The van der Waals surface area contributed by atoms with Gasteiger partial charge < -0.3 is 0 Å². The molecule has 76 valence electrons. The molecule has 3 unspecified atom stereocenters. The van der Waals surface area contributed by atoms with Crippen LogP contribution in [0, 0.1) is 17.8 Å². The summed E-state index contributed by atoms with van der Waals surface area (Å²) >= 11 is 8.31. The molecule has 2 heteroatoms. The van der Waals surface area contributed by atoms with Crippen LogP contribution in [0.2, 0.25) is 0 Å². The van der Waals surface area contributed by atoms with Crippen LogP contribution in [0.1, 0.15) is 24.1 Å². The van der Waals surface area contributed by atoms with Gasteiger partial charge in [-0.15, -0.1) is 22.9 Å². The highest BCUT2D eigenvalue weighted by Crippen LogP contribution is 2.56. The smallest absolute Gasteiger partial charge is 0.0412 e. The average molecular weight is 227 g/mol. The molecule has 0 saturated heterocycles. The van der Waals surface area contributed by atoms with Gasteiger partial charge in [0.2, 0.25) is 0 Å². The minimum atomic E-state index is 0.390. The average Bonchev–Trinajstić information content (AvgIpc) is 2.68. The Morgan fingerprint density at radius 3 is 2.79 bits per heavy atom. The molecule has 2 aliphatic carbocycles. The summed E-state index contributed by atoms with van der Waals surface area (Å²) in [5, 5.41) is 2.53. The Hall–Kier alpha value is -0.0100. The molecular weight excluding hydrogens is 212 g/mol. The van der Waals surface area contributed by atoms with Gasteiger partial charge >= 0.3 is 0 Å². The van der Waals surface area contributed by atoms with Crippen molar-refractivity contribution in [2.45, 2.75) is 31.1 Å². The van der Waals surface area contributed by atoms with Crippen molar-refractivity contribution < 1.29 is 0 Å². The molecule has 0 N–H and O–H groups in total. The van der Waals surface area contributed by atoms with Crippen LogP contribution in [0.4, 0.5) is 0 Å². The van der Waals surface area contributed by atoms with E-state index in [9.17, 15) is 0 Å². The molecule has 0 aromatic carbocycles. The Balaban J connectivity index is 1.58. The van der Waals surface area contributed by atoms with Crippen LogP contribution in [-0.2, 0) is 6.42 Å². The molecule has 2 aliphatic rings. The van der Waals surface area contributed by atoms with Gasteiger partial charge in [0.25, 0.3) is 0 Å². The van der Waals surface area contributed by atoms with Gasteiger partial charge in [0.1, 0.15) is 0 Å². The number of halogens is 1. The van der Waals surface area contributed by atoms with Gasteiger partial charge in [-0.1, -0.05) is 6.07 Å². The predicted molar refractivity (Wildman–Crippen MR) is 62.0 cm³/mol. The van der Waals surface area contributed by atoms with E-state index in [4.69, 9.17) is 11.6 Å². The van der Waals surface area contributed by atoms with Gasteiger partial charge in [0.15, 0.2) is 0 Å². The van der Waals surface area contributed by atoms with E-state index >= 15 is 0 Å². The fourth-order valence-corrected chi connectivity index (χ4v) is 4.07. The van der Waals surface area contributed by atoms with E-state index in [1.807, 2.05) is 11.3 Å². The first-order valence-electron chi connectivity index (χ1n) is 5.49. The molecule has 1 aromatic rings. The molecule has 0 amide bonds. The van der Waals surface area contributed by atoms with Crippen molar-refractivity contribution in [1.29, 1.82) is 0 Å². The van der Waals surface area contributed by atoms with Gasteiger partial charge in [-0.2, -0.15) is 0 Å². The topological polar surface area (TPSA) is 0 Å². The normalized spacial score (nSPS) is 36.8. The molecule has 1 aromatic heterocycles. The molecule has 3 rings (SSSR count). The summed E-state index contributed by atoms with van der Waals surface area (Å²) in [4.78, 5) is 1.45. The Labute approximate surface area is 94.3 Å². The SMILES string of the molecule is ClC(Cc1cccs1)C1CC2CC2C1. The van der Waals surface area contributed by atoms with Crippen LogP contribution < -0.4 is 0 Å². The number of alkyl halides is 1. The molecule has 14 heavy (non-hydrogen) atoms. The number of thiophene rings is 1. The van der Waals surface area contributed by atoms with Crippen LogP contribution in [0.25, 0.3) is 0 Å². The summed E-state index contributed by atoms with van der Waals surface area (Å²) in [6.45, 7) is 0. The third-order valence-corrected chi connectivity index (χ3v) is 5.18. The Bertz CT molecular complexity index is 296. The zero-order valence-corrected chi connectivity index (χ0v) is 9.73. The van der Waals surface area contributed by atoms with Crippen molar-refractivity contribution in [1.82, 2.24) is 0 Å². The van der Waals surface area contributed by atoms with Crippen LogP contribution in [0.3, 0.4) is 0 Å². The summed E-state index contributed by atoms with van der Waals surface area (Å²) in [7, 11) is 0. The highest BCUT2D eigenvalue weighted by Gasteiger charge is 2.47. The zero-order valence-electron chi connectivity index (χ0n) is 8.16. The second kappa shape index (κ2) is 3.53. The summed E-state index contributed by atoms with van der Waals surface area (Å²) in [5.41, 5.74) is 0. The monoisotopic (exact) mass is 226 g/mol. The number of hydrogen-bond donors (Lipinski definition) is 0. The molecular formula is C12H15ClS. The van der Waals surface area contributed by atoms with Crippen molar-refractivity contribution >= 4 is 22.9 Å². The van der Waals surface area contributed by atoms with E-state index in [2.05, 4.69) is 17.5 Å². The van der Waals surface area contributed by atoms with Crippen molar-refractivity contribution in [3.8, 4) is 0 Å². The molecule has 0 spiro atoms. The first-order valence-corrected chi connectivity index (χ1v) is 6.81. The lowest BCUT2D eigenvalue weighted by Crippen LogP contribution is -2.15. The number of fused-ring (bicyclic) bond motifs is 1. The summed E-state index contributed by atoms with van der Waals surface area (Å²) < 4.78 is 0. The summed E-state index contributed by atoms with van der Waals surface area (Å²) in [5.74, 6) is 2.93. The Kier molecular flexibility index (Phi) is 2.33. The maximum atomic E-state index is 6.47. The molecule has 0 nitrogen and oxygen atoms in total. The largest absolute Gasteiger partial charge is 0.149 e. The molecule has 0 bridgehead atoms. The van der Waals surface area contributed by atoms with Crippen LogP contribution in [0.5, 0.6) is 0 Å². The van der Waals surface area contributed by atoms with E-state index in [0.29, 0.717) is 5.38 Å². The van der Waals surface area contributed by atoms with Crippen molar-refractivity contribution in [2.75, 3.05) is 0 Å². The molecule has 2 fully saturated rings. The first kappa shape index (κ1) is 9.23. The molecule has 3 atom stereocenters. The minimum absolute atomic E-state index is 0.390. The quantitative estimate of drug-likeness (QED) is 0.685. The van der Waals surface area contributed by atoms with Gasteiger partial charge in [-0.05, 0) is 54.9 Å². The highest BCUT2D eigenvalue weighted by atomic mass is 35.5. The lowest BCUT2D eigenvalue weighted by atomic mass is 9.97. The third kappa shape index (κ3) is 1.72. The third-order valence-electron chi connectivity index (χ3n) is 3.77. The van der Waals surface area contributed by atoms with Gasteiger partial charge in [0.05, 0.1) is 0 Å². The lowest BCUT2D eigenvalue weighted by Gasteiger charge is -2.17. The van der Waals surface area contributed by atoms with Gasteiger partial charge in [0, 0.05) is 10.3 Å². The van der Waals surface area contributed by atoms with Crippen molar-refractivity contribution in [3.05, 3.63) is 22.4 Å².